The Kier molecular flexibility index (Phi) is 9.96. The molecule has 0 spiro atoms. The largest absolute Gasteiger partial charge is 0.392 e. The van der Waals surface area contributed by atoms with Gasteiger partial charge < -0.3 is 4.84 Å². The van der Waals surface area contributed by atoms with Crippen LogP contribution < -0.4 is 5.46 Å². The minimum absolute atomic E-state index is 0.245. The van der Waals surface area contributed by atoms with Gasteiger partial charge in [0.25, 0.3) is 0 Å². The molecule has 0 amide bonds. The molecule has 1 unspecified atom stereocenters. The van der Waals surface area contributed by atoms with Crippen molar-refractivity contribution in [2.24, 2.45) is 5.16 Å². The van der Waals surface area contributed by atoms with E-state index in [4.69, 9.17) is 4.84 Å². The van der Waals surface area contributed by atoms with Crippen LogP contribution in [0.5, 0.6) is 0 Å². The summed E-state index contributed by atoms with van der Waals surface area (Å²) in [6.45, 7) is 13.0. The van der Waals surface area contributed by atoms with Crippen molar-refractivity contribution in [2.45, 2.75) is 60.3 Å². The van der Waals surface area contributed by atoms with E-state index in [2.05, 4.69) is 43.1 Å². The second-order valence-electron chi connectivity index (χ2n) is 4.35. The molecule has 0 N–H and O–H groups in total. The molecule has 0 radical (unpaired) electrons. The smallest absolute Gasteiger partial charge is 0.169 e. The molecule has 1 aliphatic heterocycles. The predicted octanol–water partition coefficient (Wildman–Crippen LogP) is 4.02. The number of hydrogen-bond donors (Lipinski definition) is 0. The van der Waals surface area contributed by atoms with Gasteiger partial charge in [-0.1, -0.05) is 76.2 Å². The van der Waals surface area contributed by atoms with E-state index in [-0.39, 0.29) is 6.10 Å². The summed E-state index contributed by atoms with van der Waals surface area (Å²) in [6, 6.07) is 8.79. The lowest BCUT2D eigenvalue weighted by Gasteiger charge is -2.09. The third kappa shape index (κ3) is 6.46. The molecule has 3 heteroatoms. The van der Waals surface area contributed by atoms with Crippen LogP contribution >= 0.6 is 0 Å². The molecule has 106 valence electrons. The summed E-state index contributed by atoms with van der Waals surface area (Å²) in [5.41, 5.74) is 2.72. The number of hydrogen-bond acceptors (Lipinski definition) is 2. The van der Waals surface area contributed by atoms with Gasteiger partial charge in [-0.05, 0) is 5.56 Å². The van der Waals surface area contributed by atoms with E-state index in [0.717, 1.165) is 12.8 Å². The average molecular weight is 261 g/mol. The molecule has 0 fully saturated rings. The molecular weight excluding hydrogens is 233 g/mol. The van der Waals surface area contributed by atoms with Gasteiger partial charge in [0.2, 0.25) is 0 Å². The van der Waals surface area contributed by atoms with E-state index >= 15 is 0 Å². The molecule has 1 atom stereocenters. The lowest BCUT2D eigenvalue weighted by atomic mass is 9.49. The highest BCUT2D eigenvalue weighted by Crippen LogP contribution is 2.11. The zero-order valence-electron chi connectivity index (χ0n) is 13.3. The summed E-state index contributed by atoms with van der Waals surface area (Å²) in [4.78, 5) is 5.20. The molecule has 1 aromatic carbocycles. The van der Waals surface area contributed by atoms with E-state index in [1.54, 1.807) is 0 Å². The first-order chi connectivity index (χ1) is 9.25. The number of oxime groups is 1. The van der Waals surface area contributed by atoms with Crippen LogP contribution in [0.3, 0.4) is 0 Å². The minimum atomic E-state index is 0.245. The van der Waals surface area contributed by atoms with Gasteiger partial charge in [-0.2, -0.15) is 0 Å². The number of nitrogens with zero attached hydrogens (tertiary/aromatic N) is 1. The number of benzene rings is 1. The molecule has 0 aromatic heterocycles. The van der Waals surface area contributed by atoms with Crippen LogP contribution in [0, 0.1) is 0 Å². The highest BCUT2D eigenvalue weighted by molar-refractivity contribution is 6.70. The first kappa shape index (κ1) is 17.8. The molecule has 0 saturated heterocycles. The summed E-state index contributed by atoms with van der Waals surface area (Å²) in [6.07, 6.45) is 3.98. The van der Waals surface area contributed by atoms with Crippen molar-refractivity contribution in [2.75, 3.05) is 0 Å². The van der Waals surface area contributed by atoms with E-state index in [0.29, 0.717) is 6.71 Å². The van der Waals surface area contributed by atoms with Crippen LogP contribution in [0.2, 0.25) is 13.6 Å². The van der Waals surface area contributed by atoms with E-state index in [1.165, 1.54) is 11.0 Å². The third-order valence-electron chi connectivity index (χ3n) is 2.76. The van der Waals surface area contributed by atoms with E-state index in [1.807, 2.05) is 33.9 Å². The van der Waals surface area contributed by atoms with Gasteiger partial charge in [-0.25, -0.2) is 0 Å². The Bertz CT molecular complexity index is 338. The monoisotopic (exact) mass is 261 g/mol. The van der Waals surface area contributed by atoms with Gasteiger partial charge in [0.1, 0.15) is 6.10 Å². The van der Waals surface area contributed by atoms with Gasteiger partial charge in [0.15, 0.2) is 6.71 Å². The number of rotatable bonds is 3. The highest BCUT2D eigenvalue weighted by atomic mass is 16.6. The molecule has 19 heavy (non-hydrogen) atoms. The van der Waals surface area contributed by atoms with Crippen LogP contribution in [-0.2, 0) is 11.3 Å². The maximum atomic E-state index is 5.20. The van der Waals surface area contributed by atoms with Crippen LogP contribution in [-0.4, -0.2) is 19.0 Å². The lowest BCUT2D eigenvalue weighted by Crippen LogP contribution is -2.22. The normalized spacial score (nSPS) is 15.6. The van der Waals surface area contributed by atoms with Crippen LogP contribution in [0.15, 0.2) is 29.4 Å². The Morgan fingerprint density at radius 1 is 1.11 bits per heavy atom. The van der Waals surface area contributed by atoms with Crippen molar-refractivity contribution in [1.29, 1.82) is 0 Å². The highest BCUT2D eigenvalue weighted by Gasteiger charge is 2.13. The van der Waals surface area contributed by atoms with Crippen LogP contribution in [0.1, 0.15) is 39.7 Å². The quantitative estimate of drug-likeness (QED) is 0.753. The molecule has 0 saturated carbocycles. The van der Waals surface area contributed by atoms with Crippen molar-refractivity contribution in [1.82, 2.24) is 0 Å². The molecule has 2 rings (SSSR count). The topological polar surface area (TPSA) is 21.6 Å². The molecular formula is C16H28BNO. The Balaban J connectivity index is 0.000000741. The van der Waals surface area contributed by atoms with Crippen molar-refractivity contribution >= 4 is 18.4 Å². The Morgan fingerprint density at radius 3 is 2.11 bits per heavy atom. The maximum Gasteiger partial charge on any atom is 0.169 e. The van der Waals surface area contributed by atoms with Gasteiger partial charge >= 0.3 is 0 Å². The maximum absolute atomic E-state index is 5.20. The van der Waals surface area contributed by atoms with Crippen LogP contribution in [0.25, 0.3) is 0 Å². The van der Waals surface area contributed by atoms with Crippen molar-refractivity contribution in [3.05, 3.63) is 29.8 Å². The summed E-state index contributed by atoms with van der Waals surface area (Å²) in [5.74, 6) is 0. The van der Waals surface area contributed by atoms with Gasteiger partial charge in [0, 0.05) is 19.1 Å². The van der Waals surface area contributed by atoms with E-state index < -0.39 is 0 Å². The van der Waals surface area contributed by atoms with Gasteiger partial charge in [0.05, 0.1) is 0 Å². The summed E-state index contributed by atoms with van der Waals surface area (Å²) >= 11 is 0. The van der Waals surface area contributed by atoms with Crippen LogP contribution in [0.4, 0.5) is 0 Å². The minimum Gasteiger partial charge on any atom is -0.392 e. The van der Waals surface area contributed by atoms with Crippen molar-refractivity contribution in [3.63, 3.8) is 0 Å². The predicted molar refractivity (Wildman–Crippen MR) is 87.9 cm³/mol. The fraction of sp³-hybridized carbons (Fsp3) is 0.562. The fourth-order valence-electron chi connectivity index (χ4n) is 1.75. The SMILES string of the molecule is CB(C)c1ccc(CC2CC=NO2)cc1.CC.CC. The van der Waals surface area contributed by atoms with E-state index in [9.17, 15) is 0 Å². The second kappa shape index (κ2) is 10.7. The first-order valence-electron chi connectivity index (χ1n) is 7.52. The summed E-state index contributed by atoms with van der Waals surface area (Å²) < 4.78 is 0. The van der Waals surface area contributed by atoms with Crippen molar-refractivity contribution in [3.8, 4) is 0 Å². The Morgan fingerprint density at radius 2 is 1.68 bits per heavy atom. The van der Waals surface area contributed by atoms with Gasteiger partial charge in [-0.3, -0.25) is 0 Å². The lowest BCUT2D eigenvalue weighted by molar-refractivity contribution is 0.0860. The molecule has 0 aliphatic carbocycles. The zero-order chi connectivity index (χ0) is 14.7. The molecule has 1 aromatic rings. The molecule has 1 heterocycles. The molecule has 0 bridgehead atoms. The Labute approximate surface area is 119 Å². The molecule has 1 aliphatic rings. The van der Waals surface area contributed by atoms with Crippen molar-refractivity contribution < 1.29 is 4.84 Å². The summed E-state index contributed by atoms with van der Waals surface area (Å²) in [5, 5.41) is 3.78. The first-order valence-corrected chi connectivity index (χ1v) is 7.52. The zero-order valence-corrected chi connectivity index (χ0v) is 13.3. The van der Waals surface area contributed by atoms with Gasteiger partial charge in [-0.15, -0.1) is 0 Å². The fourth-order valence-corrected chi connectivity index (χ4v) is 1.75. The molecule has 2 nitrogen and oxygen atoms in total. The third-order valence-corrected chi connectivity index (χ3v) is 2.76. The summed E-state index contributed by atoms with van der Waals surface area (Å²) in [7, 11) is 0. The standard InChI is InChI=1S/C12H16BNO.2C2H6/c1-13(2)11-5-3-10(4-6-11)9-12-7-8-14-15-12;2*1-2/h3-6,8,12H,7,9H2,1-2H3;2*1-2H3. The average Bonchev–Trinajstić information content (AvgIpc) is 2.97. The Hall–Kier alpha value is -1.25. The second-order valence-corrected chi connectivity index (χ2v) is 4.35.